The lowest BCUT2D eigenvalue weighted by molar-refractivity contribution is -0.156. The number of ether oxygens (including phenoxy) is 1. The molecule has 1 aromatic rings. The highest BCUT2D eigenvalue weighted by atomic mass is 16.5. The fourth-order valence-electron chi connectivity index (χ4n) is 3.12. The number of rotatable bonds is 3. The summed E-state index contributed by atoms with van der Waals surface area (Å²) in [7, 11) is 0. The second kappa shape index (κ2) is 5.21. The van der Waals surface area contributed by atoms with Gasteiger partial charge in [0.25, 0.3) is 0 Å². The minimum atomic E-state index is -0.197. The van der Waals surface area contributed by atoms with Crippen molar-refractivity contribution in [1.29, 1.82) is 0 Å². The van der Waals surface area contributed by atoms with E-state index in [-0.39, 0.29) is 17.5 Å². The Hall–Kier alpha value is -1.35. The van der Waals surface area contributed by atoms with Gasteiger partial charge < -0.3 is 9.64 Å². The van der Waals surface area contributed by atoms with Crippen molar-refractivity contribution in [2.75, 3.05) is 13.2 Å². The Balaban J connectivity index is 1.81. The van der Waals surface area contributed by atoms with Gasteiger partial charge in [-0.15, -0.1) is 0 Å². The number of morpholine rings is 1. The summed E-state index contributed by atoms with van der Waals surface area (Å²) in [5.41, 5.74) is 1.07. The number of carbonyl (C=O) groups is 1. The van der Waals surface area contributed by atoms with Crippen molar-refractivity contribution in [3.63, 3.8) is 0 Å². The molecule has 0 spiro atoms. The van der Waals surface area contributed by atoms with Crippen LogP contribution in [0.1, 0.15) is 32.3 Å². The van der Waals surface area contributed by atoms with Crippen LogP contribution in [0, 0.1) is 5.92 Å². The molecule has 2 aliphatic rings. The van der Waals surface area contributed by atoms with Crippen molar-refractivity contribution < 1.29 is 9.53 Å². The highest BCUT2D eigenvalue weighted by molar-refractivity contribution is 5.82. The first-order valence-electron chi connectivity index (χ1n) is 7.53. The predicted molar refractivity (Wildman–Crippen MR) is 78.4 cm³/mol. The van der Waals surface area contributed by atoms with Gasteiger partial charge in [0.05, 0.1) is 24.8 Å². The average Bonchev–Trinajstić information content (AvgIpc) is 3.23. The van der Waals surface area contributed by atoms with Crippen molar-refractivity contribution in [1.82, 2.24) is 4.90 Å². The molecule has 1 aliphatic heterocycles. The van der Waals surface area contributed by atoms with Crippen molar-refractivity contribution in [3.05, 3.63) is 35.9 Å². The molecule has 0 bridgehead atoms. The van der Waals surface area contributed by atoms with E-state index >= 15 is 0 Å². The highest BCUT2D eigenvalue weighted by Gasteiger charge is 2.45. The fourth-order valence-corrected chi connectivity index (χ4v) is 3.12. The maximum Gasteiger partial charge on any atom is 0.226 e. The van der Waals surface area contributed by atoms with E-state index in [1.165, 1.54) is 5.56 Å². The van der Waals surface area contributed by atoms with Crippen LogP contribution in [-0.4, -0.2) is 35.6 Å². The zero-order chi connectivity index (χ0) is 14.2. The highest BCUT2D eigenvalue weighted by Crippen LogP contribution is 2.36. The zero-order valence-electron chi connectivity index (χ0n) is 12.3. The van der Waals surface area contributed by atoms with E-state index in [4.69, 9.17) is 4.74 Å². The van der Waals surface area contributed by atoms with E-state index in [0.29, 0.717) is 19.1 Å². The topological polar surface area (TPSA) is 29.5 Å². The smallest absolute Gasteiger partial charge is 0.226 e. The van der Waals surface area contributed by atoms with Crippen LogP contribution in [-0.2, 0) is 16.0 Å². The van der Waals surface area contributed by atoms with Gasteiger partial charge in [-0.1, -0.05) is 30.3 Å². The number of hydrogen-bond acceptors (Lipinski definition) is 2. The summed E-state index contributed by atoms with van der Waals surface area (Å²) in [5.74, 6) is 0.602. The Morgan fingerprint density at radius 2 is 2.00 bits per heavy atom. The summed E-state index contributed by atoms with van der Waals surface area (Å²) in [6, 6.07) is 10.5. The Labute approximate surface area is 120 Å². The molecular weight excluding hydrogens is 250 g/mol. The Morgan fingerprint density at radius 1 is 1.30 bits per heavy atom. The molecule has 0 N–H and O–H groups in total. The van der Waals surface area contributed by atoms with Crippen LogP contribution in [0.15, 0.2) is 30.3 Å². The molecular formula is C17H23NO2. The van der Waals surface area contributed by atoms with Crippen molar-refractivity contribution >= 4 is 5.91 Å². The quantitative estimate of drug-likeness (QED) is 0.847. The zero-order valence-corrected chi connectivity index (χ0v) is 12.3. The lowest BCUT2D eigenvalue weighted by atomic mass is 9.94. The van der Waals surface area contributed by atoms with Crippen LogP contribution in [0.3, 0.4) is 0 Å². The van der Waals surface area contributed by atoms with Gasteiger partial charge >= 0.3 is 0 Å². The number of nitrogens with zero attached hydrogens (tertiary/aromatic N) is 1. The molecule has 2 fully saturated rings. The molecule has 3 nitrogen and oxygen atoms in total. The van der Waals surface area contributed by atoms with Gasteiger partial charge in [-0.05, 0) is 38.7 Å². The largest absolute Gasteiger partial charge is 0.377 e. The van der Waals surface area contributed by atoms with Gasteiger partial charge in [0.1, 0.15) is 0 Å². The first-order chi connectivity index (χ1) is 9.58. The molecule has 1 saturated heterocycles. The summed E-state index contributed by atoms with van der Waals surface area (Å²) < 4.78 is 5.76. The van der Waals surface area contributed by atoms with E-state index in [1.54, 1.807) is 0 Å². The van der Waals surface area contributed by atoms with Gasteiger partial charge in [-0.2, -0.15) is 0 Å². The first kappa shape index (κ1) is 13.6. The van der Waals surface area contributed by atoms with Crippen LogP contribution in [0.5, 0.6) is 0 Å². The number of amides is 1. The maximum absolute atomic E-state index is 12.6. The molecule has 1 amide bonds. The van der Waals surface area contributed by atoms with E-state index < -0.39 is 0 Å². The van der Waals surface area contributed by atoms with Crippen molar-refractivity contribution in [2.45, 2.75) is 44.7 Å². The summed E-state index contributed by atoms with van der Waals surface area (Å²) in [4.78, 5) is 14.8. The third-order valence-corrected chi connectivity index (χ3v) is 4.26. The summed E-state index contributed by atoms with van der Waals surface area (Å²) in [5, 5.41) is 0. The standard InChI is InChI=1S/C17H23NO2/c1-17(2)12-20-11-15(10-13-6-4-3-5-7-13)18(17)16(19)14-8-9-14/h3-7,14-15H,8-12H2,1-2H3. The van der Waals surface area contributed by atoms with Gasteiger partial charge in [-0.25, -0.2) is 0 Å². The second-order valence-electron chi connectivity index (χ2n) is 6.65. The number of carbonyl (C=O) groups excluding carboxylic acids is 1. The molecule has 1 aromatic carbocycles. The van der Waals surface area contributed by atoms with Gasteiger partial charge in [0.2, 0.25) is 5.91 Å². The molecule has 20 heavy (non-hydrogen) atoms. The molecule has 3 heteroatoms. The van der Waals surface area contributed by atoms with Crippen LogP contribution in [0.4, 0.5) is 0 Å². The van der Waals surface area contributed by atoms with Crippen LogP contribution >= 0.6 is 0 Å². The number of benzene rings is 1. The fraction of sp³-hybridized carbons (Fsp3) is 0.588. The minimum absolute atomic E-state index is 0.161. The minimum Gasteiger partial charge on any atom is -0.377 e. The first-order valence-corrected chi connectivity index (χ1v) is 7.53. The van der Waals surface area contributed by atoms with Crippen molar-refractivity contribution in [3.8, 4) is 0 Å². The van der Waals surface area contributed by atoms with Crippen LogP contribution < -0.4 is 0 Å². The lowest BCUT2D eigenvalue weighted by Crippen LogP contribution is -2.61. The van der Waals surface area contributed by atoms with E-state index in [2.05, 4.69) is 43.0 Å². The molecule has 1 saturated carbocycles. The Morgan fingerprint density at radius 3 is 2.65 bits per heavy atom. The van der Waals surface area contributed by atoms with Crippen molar-refractivity contribution in [2.24, 2.45) is 5.92 Å². The molecule has 1 unspecified atom stereocenters. The predicted octanol–water partition coefficient (Wildman–Crippen LogP) is 2.65. The van der Waals surface area contributed by atoms with Gasteiger partial charge in [0.15, 0.2) is 0 Å². The molecule has 0 radical (unpaired) electrons. The monoisotopic (exact) mass is 273 g/mol. The van der Waals surface area contributed by atoms with Crippen LogP contribution in [0.2, 0.25) is 0 Å². The molecule has 108 valence electrons. The van der Waals surface area contributed by atoms with E-state index in [9.17, 15) is 4.79 Å². The molecule has 3 rings (SSSR count). The van der Waals surface area contributed by atoms with E-state index in [1.807, 2.05) is 6.07 Å². The molecule has 1 heterocycles. The Kier molecular flexibility index (Phi) is 3.55. The third kappa shape index (κ3) is 2.73. The summed E-state index contributed by atoms with van der Waals surface area (Å²) in [6.07, 6.45) is 3.00. The van der Waals surface area contributed by atoms with Crippen LogP contribution in [0.25, 0.3) is 0 Å². The Bertz CT molecular complexity index is 479. The molecule has 1 aliphatic carbocycles. The summed E-state index contributed by atoms with van der Waals surface area (Å²) >= 11 is 0. The normalized spacial score (nSPS) is 25.5. The summed E-state index contributed by atoms with van der Waals surface area (Å²) in [6.45, 7) is 5.52. The lowest BCUT2D eigenvalue weighted by Gasteiger charge is -2.48. The maximum atomic E-state index is 12.6. The van der Waals surface area contributed by atoms with E-state index in [0.717, 1.165) is 19.3 Å². The molecule has 0 aromatic heterocycles. The average molecular weight is 273 g/mol. The SMILES string of the molecule is CC1(C)COCC(Cc2ccccc2)N1C(=O)C1CC1. The number of hydrogen-bond donors (Lipinski definition) is 0. The molecule has 1 atom stereocenters. The van der Waals surface area contributed by atoms with Gasteiger partial charge in [0, 0.05) is 5.92 Å². The van der Waals surface area contributed by atoms with Gasteiger partial charge in [-0.3, -0.25) is 4.79 Å². The third-order valence-electron chi connectivity index (χ3n) is 4.26. The second-order valence-corrected chi connectivity index (χ2v) is 6.65.